The average Bonchev–Trinajstić information content (AvgIpc) is 3.48. The summed E-state index contributed by atoms with van der Waals surface area (Å²) < 4.78 is 1.92. The van der Waals surface area contributed by atoms with Crippen LogP contribution in [0.3, 0.4) is 0 Å². The number of azo groups is 1. The molecular formula is C34H25N5O. The standard InChI is InChI=1S/C34H25N5O/c40-34(35-28-18-20-30(21-19-28)37-36-29-14-8-3-9-15-29)27-16-22-31(23-17-27)39-33(26-12-6-2-7-13-26)24-32(38-39)25-10-4-1-5-11-25/h1-24H,(H,35,40). The fraction of sp³-hybridized carbons (Fsp3) is 0. The van der Waals surface area contributed by atoms with Crippen LogP contribution in [0.4, 0.5) is 17.1 Å². The number of anilines is 1. The van der Waals surface area contributed by atoms with Crippen molar-refractivity contribution in [1.82, 2.24) is 9.78 Å². The zero-order valence-corrected chi connectivity index (χ0v) is 21.6. The predicted octanol–water partition coefficient (Wildman–Crippen LogP) is 8.87. The molecule has 0 aliphatic heterocycles. The van der Waals surface area contributed by atoms with Gasteiger partial charge in [-0.25, -0.2) is 4.68 Å². The fourth-order valence-electron chi connectivity index (χ4n) is 4.32. The molecule has 6 nitrogen and oxygen atoms in total. The minimum atomic E-state index is -0.195. The second-order valence-electron chi connectivity index (χ2n) is 9.14. The van der Waals surface area contributed by atoms with Crippen LogP contribution >= 0.6 is 0 Å². The van der Waals surface area contributed by atoms with Crippen molar-refractivity contribution in [2.45, 2.75) is 0 Å². The Morgan fingerprint density at radius 2 is 1.15 bits per heavy atom. The van der Waals surface area contributed by atoms with E-state index < -0.39 is 0 Å². The number of nitrogens with one attached hydrogen (secondary N) is 1. The van der Waals surface area contributed by atoms with Gasteiger partial charge in [0.05, 0.1) is 28.5 Å². The minimum absolute atomic E-state index is 0.195. The number of rotatable bonds is 7. The van der Waals surface area contributed by atoms with Gasteiger partial charge in [-0.15, -0.1) is 0 Å². The van der Waals surface area contributed by atoms with Gasteiger partial charge in [-0.2, -0.15) is 15.3 Å². The number of hydrogen-bond donors (Lipinski definition) is 1. The van der Waals surface area contributed by atoms with Crippen LogP contribution in [0.15, 0.2) is 156 Å². The Hall–Kier alpha value is -5.62. The van der Waals surface area contributed by atoms with Crippen molar-refractivity contribution in [2.75, 3.05) is 5.32 Å². The molecule has 1 N–H and O–H groups in total. The molecule has 0 fully saturated rings. The maximum Gasteiger partial charge on any atom is 0.255 e. The van der Waals surface area contributed by atoms with Crippen molar-refractivity contribution >= 4 is 23.0 Å². The Labute approximate surface area is 232 Å². The smallest absolute Gasteiger partial charge is 0.255 e. The van der Waals surface area contributed by atoms with E-state index in [9.17, 15) is 4.79 Å². The molecule has 0 spiro atoms. The molecule has 0 bridgehead atoms. The number of aromatic nitrogens is 2. The molecule has 40 heavy (non-hydrogen) atoms. The fourth-order valence-corrected chi connectivity index (χ4v) is 4.32. The van der Waals surface area contributed by atoms with Gasteiger partial charge >= 0.3 is 0 Å². The summed E-state index contributed by atoms with van der Waals surface area (Å²) in [6.45, 7) is 0. The molecule has 1 amide bonds. The Bertz CT molecular complexity index is 1740. The summed E-state index contributed by atoms with van der Waals surface area (Å²) in [5, 5.41) is 16.3. The van der Waals surface area contributed by atoms with Gasteiger partial charge in [-0.3, -0.25) is 4.79 Å². The summed E-state index contributed by atoms with van der Waals surface area (Å²) >= 11 is 0. The Kier molecular flexibility index (Phi) is 7.05. The zero-order chi connectivity index (χ0) is 27.1. The summed E-state index contributed by atoms with van der Waals surface area (Å²) in [6, 6.07) is 46.6. The largest absolute Gasteiger partial charge is 0.322 e. The monoisotopic (exact) mass is 519 g/mol. The molecular weight excluding hydrogens is 494 g/mol. The van der Waals surface area contributed by atoms with E-state index in [-0.39, 0.29) is 5.91 Å². The first kappa shape index (κ1) is 24.7. The molecule has 0 radical (unpaired) electrons. The molecule has 6 aromatic rings. The molecule has 0 unspecified atom stereocenters. The third-order valence-corrected chi connectivity index (χ3v) is 6.38. The summed E-state index contributed by atoms with van der Waals surface area (Å²) in [6.07, 6.45) is 0. The molecule has 6 heteroatoms. The van der Waals surface area contributed by atoms with Gasteiger partial charge < -0.3 is 5.32 Å². The SMILES string of the molecule is O=C(Nc1ccc(N=Nc2ccccc2)cc1)c1ccc(-n2nc(-c3ccccc3)cc2-c2ccccc2)cc1. The van der Waals surface area contributed by atoms with Crippen LogP contribution in [0.2, 0.25) is 0 Å². The maximum absolute atomic E-state index is 13.0. The highest BCUT2D eigenvalue weighted by atomic mass is 16.1. The Morgan fingerprint density at radius 3 is 1.77 bits per heavy atom. The van der Waals surface area contributed by atoms with Crippen molar-refractivity contribution in [3.63, 3.8) is 0 Å². The summed E-state index contributed by atoms with van der Waals surface area (Å²) in [5.74, 6) is -0.195. The highest BCUT2D eigenvalue weighted by Crippen LogP contribution is 2.29. The second kappa shape index (κ2) is 11.4. The van der Waals surface area contributed by atoms with Crippen LogP contribution in [0.1, 0.15) is 10.4 Å². The van der Waals surface area contributed by atoms with Crippen molar-refractivity contribution in [2.24, 2.45) is 10.2 Å². The predicted molar refractivity (Wildman–Crippen MR) is 159 cm³/mol. The van der Waals surface area contributed by atoms with Crippen molar-refractivity contribution in [1.29, 1.82) is 0 Å². The first-order valence-corrected chi connectivity index (χ1v) is 12.9. The number of carbonyl (C=O) groups excluding carboxylic acids is 1. The molecule has 0 saturated carbocycles. The lowest BCUT2D eigenvalue weighted by molar-refractivity contribution is 0.102. The molecule has 6 rings (SSSR count). The molecule has 0 saturated heterocycles. The van der Waals surface area contributed by atoms with Gasteiger partial charge in [0.2, 0.25) is 0 Å². The van der Waals surface area contributed by atoms with Crippen LogP contribution in [0.5, 0.6) is 0 Å². The zero-order valence-electron chi connectivity index (χ0n) is 21.6. The number of carbonyl (C=O) groups is 1. The third kappa shape index (κ3) is 5.61. The van der Waals surface area contributed by atoms with Gasteiger partial charge in [0.15, 0.2) is 0 Å². The van der Waals surface area contributed by atoms with Crippen LogP contribution in [0.25, 0.3) is 28.2 Å². The molecule has 5 aromatic carbocycles. The van der Waals surface area contributed by atoms with E-state index in [0.717, 1.165) is 33.9 Å². The number of amides is 1. The summed E-state index contributed by atoms with van der Waals surface area (Å²) in [7, 11) is 0. The van der Waals surface area contributed by atoms with Crippen molar-refractivity contribution in [3.8, 4) is 28.2 Å². The van der Waals surface area contributed by atoms with Gasteiger partial charge in [-0.1, -0.05) is 78.9 Å². The quantitative estimate of drug-likeness (QED) is 0.214. The van der Waals surface area contributed by atoms with E-state index in [2.05, 4.69) is 33.7 Å². The normalized spacial score (nSPS) is 11.0. The maximum atomic E-state index is 13.0. The van der Waals surface area contributed by atoms with E-state index in [1.165, 1.54) is 0 Å². The average molecular weight is 520 g/mol. The van der Waals surface area contributed by atoms with Crippen molar-refractivity contribution in [3.05, 3.63) is 151 Å². The Morgan fingerprint density at radius 1 is 0.600 bits per heavy atom. The minimum Gasteiger partial charge on any atom is -0.322 e. The number of nitrogens with zero attached hydrogens (tertiary/aromatic N) is 4. The number of benzene rings is 5. The van der Waals surface area contributed by atoms with Crippen LogP contribution in [-0.4, -0.2) is 15.7 Å². The van der Waals surface area contributed by atoms with E-state index in [4.69, 9.17) is 5.10 Å². The second-order valence-corrected chi connectivity index (χ2v) is 9.14. The lowest BCUT2D eigenvalue weighted by Crippen LogP contribution is -2.12. The summed E-state index contributed by atoms with van der Waals surface area (Å²) in [4.78, 5) is 13.0. The van der Waals surface area contributed by atoms with E-state index in [1.807, 2.05) is 132 Å². The highest BCUT2D eigenvalue weighted by molar-refractivity contribution is 6.04. The van der Waals surface area contributed by atoms with E-state index >= 15 is 0 Å². The molecule has 0 aliphatic carbocycles. The van der Waals surface area contributed by atoms with E-state index in [1.54, 1.807) is 0 Å². The van der Waals surface area contributed by atoms with Crippen molar-refractivity contribution < 1.29 is 4.79 Å². The number of hydrogen-bond acceptors (Lipinski definition) is 4. The van der Waals surface area contributed by atoms with Gasteiger partial charge in [0, 0.05) is 22.4 Å². The van der Waals surface area contributed by atoms with E-state index in [0.29, 0.717) is 16.9 Å². The van der Waals surface area contributed by atoms with Crippen LogP contribution in [0, 0.1) is 0 Å². The topological polar surface area (TPSA) is 71.6 Å². The molecule has 1 heterocycles. The van der Waals surface area contributed by atoms with Crippen LogP contribution in [-0.2, 0) is 0 Å². The molecule has 0 atom stereocenters. The molecule has 0 aliphatic rings. The molecule has 1 aromatic heterocycles. The van der Waals surface area contributed by atoms with Gasteiger partial charge in [0.25, 0.3) is 5.91 Å². The third-order valence-electron chi connectivity index (χ3n) is 6.38. The highest BCUT2D eigenvalue weighted by Gasteiger charge is 2.14. The van der Waals surface area contributed by atoms with Gasteiger partial charge in [0.1, 0.15) is 0 Å². The molecule has 192 valence electrons. The van der Waals surface area contributed by atoms with Crippen LogP contribution < -0.4 is 5.32 Å². The Balaban J connectivity index is 1.20. The lowest BCUT2D eigenvalue weighted by Gasteiger charge is -2.09. The lowest BCUT2D eigenvalue weighted by atomic mass is 10.1. The first-order chi connectivity index (χ1) is 19.7. The first-order valence-electron chi connectivity index (χ1n) is 12.9. The summed E-state index contributed by atoms with van der Waals surface area (Å²) in [5.41, 5.74) is 7.54. The van der Waals surface area contributed by atoms with Gasteiger partial charge in [-0.05, 0) is 66.7 Å².